The molecule has 2 saturated heterocycles. The summed E-state index contributed by atoms with van der Waals surface area (Å²) in [5.41, 5.74) is 0. The molecule has 1 N–H and O–H groups in total. The van der Waals surface area contributed by atoms with Gasteiger partial charge in [0.05, 0.1) is 0 Å². The molecule has 9 heteroatoms. The van der Waals surface area contributed by atoms with Crippen LogP contribution in [0.4, 0.5) is 0 Å². The first kappa shape index (κ1) is 18.2. The summed E-state index contributed by atoms with van der Waals surface area (Å²) in [6.07, 6.45) is 3.50. The standard InChI is InChI=1S/C16H29N7O2/c1-20-3-2-4-21(6-5-20)8-14-7-15(12-24)10-22(9-14)16(25)11-23-18-13-17-19-23/h13-15,24H,2-12H2,1H3/t14-,15-/m1/s1. The highest BCUT2D eigenvalue weighted by molar-refractivity contribution is 5.75. The molecule has 0 aliphatic carbocycles. The van der Waals surface area contributed by atoms with Gasteiger partial charge in [0.1, 0.15) is 6.54 Å². The molecule has 0 aromatic carbocycles. The largest absolute Gasteiger partial charge is 0.396 e. The van der Waals surface area contributed by atoms with Crippen LogP contribution < -0.4 is 0 Å². The van der Waals surface area contributed by atoms with Crippen molar-refractivity contribution in [1.82, 2.24) is 34.9 Å². The van der Waals surface area contributed by atoms with Gasteiger partial charge in [0.25, 0.3) is 0 Å². The lowest BCUT2D eigenvalue weighted by Gasteiger charge is -2.39. The number of likely N-dealkylation sites (N-methyl/N-ethyl adjacent to an activating group) is 1. The summed E-state index contributed by atoms with van der Waals surface area (Å²) in [5.74, 6) is 0.555. The molecule has 3 rings (SSSR count). The first-order valence-electron chi connectivity index (χ1n) is 9.14. The van der Waals surface area contributed by atoms with Crippen LogP contribution in [0.15, 0.2) is 6.33 Å². The van der Waals surface area contributed by atoms with Crippen LogP contribution in [0.25, 0.3) is 0 Å². The zero-order valence-corrected chi connectivity index (χ0v) is 15.0. The number of carbonyl (C=O) groups is 1. The van der Waals surface area contributed by atoms with E-state index in [9.17, 15) is 9.90 Å². The second kappa shape index (κ2) is 8.68. The number of likely N-dealkylation sites (tertiary alicyclic amines) is 1. The molecule has 0 unspecified atom stereocenters. The number of piperidine rings is 1. The second-order valence-electron chi connectivity index (χ2n) is 7.37. The first-order chi connectivity index (χ1) is 12.1. The number of aromatic nitrogens is 4. The van der Waals surface area contributed by atoms with E-state index < -0.39 is 0 Å². The molecule has 1 aromatic heterocycles. The maximum absolute atomic E-state index is 12.6. The molecule has 1 aromatic rings. The Hall–Kier alpha value is -1.58. The third kappa shape index (κ3) is 5.20. The van der Waals surface area contributed by atoms with E-state index in [1.807, 2.05) is 4.90 Å². The van der Waals surface area contributed by atoms with Gasteiger partial charge in [0.2, 0.25) is 5.91 Å². The Kier molecular flexibility index (Phi) is 6.33. The van der Waals surface area contributed by atoms with Gasteiger partial charge in [-0.05, 0) is 50.0 Å². The van der Waals surface area contributed by atoms with Crippen LogP contribution in [0.1, 0.15) is 12.8 Å². The number of tetrazole rings is 1. The Labute approximate surface area is 148 Å². The smallest absolute Gasteiger partial charge is 0.246 e. The van der Waals surface area contributed by atoms with Crippen LogP contribution in [0, 0.1) is 11.8 Å². The maximum atomic E-state index is 12.6. The van der Waals surface area contributed by atoms with E-state index in [2.05, 4.69) is 32.3 Å². The fourth-order valence-electron chi connectivity index (χ4n) is 3.92. The summed E-state index contributed by atoms with van der Waals surface area (Å²) in [5, 5.41) is 21.0. The quantitative estimate of drug-likeness (QED) is 0.710. The van der Waals surface area contributed by atoms with E-state index in [1.165, 1.54) is 17.5 Å². The van der Waals surface area contributed by atoms with Gasteiger partial charge >= 0.3 is 0 Å². The maximum Gasteiger partial charge on any atom is 0.246 e. The Balaban J connectivity index is 1.57. The fraction of sp³-hybridized carbons (Fsp3) is 0.875. The lowest BCUT2D eigenvalue weighted by Crippen LogP contribution is -2.49. The lowest BCUT2D eigenvalue weighted by molar-refractivity contribution is -0.135. The predicted molar refractivity (Wildman–Crippen MR) is 91.6 cm³/mol. The van der Waals surface area contributed by atoms with Crippen molar-refractivity contribution in [2.45, 2.75) is 19.4 Å². The summed E-state index contributed by atoms with van der Waals surface area (Å²) in [7, 11) is 2.17. The Morgan fingerprint density at radius 1 is 1.20 bits per heavy atom. The normalized spacial score (nSPS) is 26.6. The Morgan fingerprint density at radius 2 is 2.04 bits per heavy atom. The molecule has 0 saturated carbocycles. The minimum atomic E-state index is -0.00301. The molecule has 2 atom stereocenters. The summed E-state index contributed by atoms with van der Waals surface area (Å²) in [6, 6.07) is 0. The van der Waals surface area contributed by atoms with Crippen molar-refractivity contribution in [1.29, 1.82) is 0 Å². The summed E-state index contributed by atoms with van der Waals surface area (Å²) >= 11 is 0. The summed E-state index contributed by atoms with van der Waals surface area (Å²) in [4.78, 5) is 20.6. The van der Waals surface area contributed by atoms with Crippen LogP contribution in [-0.2, 0) is 11.3 Å². The molecule has 3 heterocycles. The van der Waals surface area contributed by atoms with Crippen molar-refractivity contribution in [2.75, 3.05) is 59.5 Å². The van der Waals surface area contributed by atoms with Gasteiger partial charge in [-0.1, -0.05) is 0 Å². The number of hydrogen-bond acceptors (Lipinski definition) is 7. The molecule has 25 heavy (non-hydrogen) atoms. The number of amides is 1. The number of carbonyl (C=O) groups excluding carboxylic acids is 1. The van der Waals surface area contributed by atoms with Crippen molar-refractivity contribution < 1.29 is 9.90 Å². The van der Waals surface area contributed by atoms with Crippen molar-refractivity contribution in [3.63, 3.8) is 0 Å². The average Bonchev–Trinajstić information content (AvgIpc) is 3.03. The number of aliphatic hydroxyl groups excluding tert-OH is 1. The van der Waals surface area contributed by atoms with Crippen LogP contribution >= 0.6 is 0 Å². The lowest BCUT2D eigenvalue weighted by atomic mass is 9.89. The van der Waals surface area contributed by atoms with Gasteiger partial charge in [-0.2, -0.15) is 4.80 Å². The van der Waals surface area contributed by atoms with E-state index in [0.29, 0.717) is 12.5 Å². The van der Waals surface area contributed by atoms with Gasteiger partial charge < -0.3 is 19.8 Å². The zero-order chi connectivity index (χ0) is 17.6. The zero-order valence-electron chi connectivity index (χ0n) is 15.0. The Morgan fingerprint density at radius 3 is 2.80 bits per heavy atom. The number of aliphatic hydroxyl groups is 1. The van der Waals surface area contributed by atoms with Crippen LogP contribution in [0.3, 0.4) is 0 Å². The van der Waals surface area contributed by atoms with Gasteiger partial charge in [0.15, 0.2) is 6.33 Å². The molecule has 2 fully saturated rings. The van der Waals surface area contributed by atoms with E-state index in [-0.39, 0.29) is 25.0 Å². The number of nitrogens with zero attached hydrogens (tertiary/aromatic N) is 7. The molecule has 1 amide bonds. The third-order valence-electron chi connectivity index (χ3n) is 5.23. The van der Waals surface area contributed by atoms with E-state index in [4.69, 9.17) is 0 Å². The van der Waals surface area contributed by atoms with Crippen LogP contribution in [0.2, 0.25) is 0 Å². The van der Waals surface area contributed by atoms with Crippen LogP contribution in [0.5, 0.6) is 0 Å². The highest BCUT2D eigenvalue weighted by atomic mass is 16.3. The van der Waals surface area contributed by atoms with Gasteiger partial charge in [-0.25, -0.2) is 0 Å². The molecule has 0 radical (unpaired) electrons. The molecule has 0 bridgehead atoms. The van der Waals surface area contributed by atoms with Crippen LogP contribution in [-0.4, -0.2) is 105 Å². The average molecular weight is 351 g/mol. The van der Waals surface area contributed by atoms with Gasteiger partial charge in [-0.3, -0.25) is 4.79 Å². The fourth-order valence-corrected chi connectivity index (χ4v) is 3.92. The first-order valence-corrected chi connectivity index (χ1v) is 9.14. The highest BCUT2D eigenvalue weighted by Gasteiger charge is 2.31. The summed E-state index contributed by atoms with van der Waals surface area (Å²) in [6.45, 7) is 7.03. The van der Waals surface area contributed by atoms with Crippen molar-refractivity contribution in [3.8, 4) is 0 Å². The molecule has 2 aliphatic heterocycles. The van der Waals surface area contributed by atoms with Crippen molar-refractivity contribution in [3.05, 3.63) is 6.33 Å². The predicted octanol–water partition coefficient (Wildman–Crippen LogP) is -1.23. The third-order valence-corrected chi connectivity index (χ3v) is 5.23. The second-order valence-corrected chi connectivity index (χ2v) is 7.37. The van der Waals surface area contributed by atoms with E-state index in [0.717, 1.165) is 45.7 Å². The molecular weight excluding hydrogens is 322 g/mol. The van der Waals surface area contributed by atoms with E-state index >= 15 is 0 Å². The monoisotopic (exact) mass is 351 g/mol. The Bertz CT molecular complexity index is 539. The van der Waals surface area contributed by atoms with Gasteiger partial charge in [-0.15, -0.1) is 10.2 Å². The van der Waals surface area contributed by atoms with E-state index in [1.54, 1.807) is 0 Å². The van der Waals surface area contributed by atoms with Crippen molar-refractivity contribution in [2.24, 2.45) is 11.8 Å². The van der Waals surface area contributed by atoms with Crippen molar-refractivity contribution >= 4 is 5.91 Å². The number of hydrogen-bond donors (Lipinski definition) is 1. The highest BCUT2D eigenvalue weighted by Crippen LogP contribution is 2.23. The number of rotatable bonds is 5. The minimum absolute atomic E-state index is 0.00301. The molecule has 0 spiro atoms. The summed E-state index contributed by atoms with van der Waals surface area (Å²) < 4.78 is 0. The van der Waals surface area contributed by atoms with Gasteiger partial charge in [0, 0.05) is 39.3 Å². The minimum Gasteiger partial charge on any atom is -0.396 e. The molecule has 140 valence electrons. The SMILES string of the molecule is CN1CCCN(C[C@H]2C[C@@H](CO)CN(C(=O)Cn3ncnn3)C2)CC1. The molecular formula is C16H29N7O2. The molecule has 9 nitrogen and oxygen atoms in total. The molecule has 2 aliphatic rings. The topological polar surface area (TPSA) is 90.6 Å².